The van der Waals surface area contributed by atoms with Crippen LogP contribution in [0.3, 0.4) is 0 Å². The van der Waals surface area contributed by atoms with E-state index in [-0.39, 0.29) is 5.91 Å². The summed E-state index contributed by atoms with van der Waals surface area (Å²) in [6.45, 7) is 0.596. The van der Waals surface area contributed by atoms with Gasteiger partial charge in [0.05, 0.1) is 0 Å². The molecule has 3 aromatic rings. The van der Waals surface area contributed by atoms with E-state index in [1.54, 1.807) is 11.8 Å². The van der Waals surface area contributed by atoms with Crippen molar-refractivity contribution in [3.63, 3.8) is 0 Å². The third kappa shape index (κ3) is 6.53. The molecule has 0 saturated carbocycles. The lowest BCUT2D eigenvalue weighted by atomic mass is 9.99. The Kier molecular flexibility index (Phi) is 8.48. The second kappa shape index (κ2) is 11.3. The van der Waals surface area contributed by atoms with Crippen LogP contribution >= 0.6 is 35.0 Å². The molecule has 1 N–H and O–H groups in total. The quantitative estimate of drug-likeness (QED) is 0.385. The molecule has 5 heteroatoms. The van der Waals surface area contributed by atoms with Gasteiger partial charge in [0.25, 0.3) is 5.91 Å². The van der Waals surface area contributed by atoms with E-state index in [2.05, 4.69) is 17.4 Å². The molecule has 0 bridgehead atoms. The molecule has 1 amide bonds. The largest absolute Gasteiger partial charge is 0.351 e. The lowest BCUT2D eigenvalue weighted by Gasteiger charge is -2.11. The standard InChI is InChI=1S/C24H23Cl2NOS/c25-22-11-6-12-23(26)21(22)17-29-16-15-27-24(28)20-10-5-4-9-19(20)14-13-18-7-2-1-3-8-18/h1-12H,13-17H2,(H,27,28). The number of hydrogen-bond acceptors (Lipinski definition) is 2. The minimum atomic E-state index is -0.0231. The first kappa shape index (κ1) is 21.8. The minimum absolute atomic E-state index is 0.0231. The first-order valence-corrected chi connectivity index (χ1v) is 11.5. The van der Waals surface area contributed by atoms with Crippen molar-refractivity contribution in [1.82, 2.24) is 5.32 Å². The zero-order valence-corrected chi connectivity index (χ0v) is 18.4. The average Bonchev–Trinajstić information content (AvgIpc) is 2.74. The summed E-state index contributed by atoms with van der Waals surface area (Å²) >= 11 is 14.1. The van der Waals surface area contributed by atoms with Crippen LogP contribution in [0.2, 0.25) is 10.0 Å². The van der Waals surface area contributed by atoms with Crippen LogP contribution in [0.15, 0.2) is 72.8 Å². The number of aryl methyl sites for hydroxylation is 2. The Morgan fingerprint density at radius 3 is 2.28 bits per heavy atom. The van der Waals surface area contributed by atoms with Crippen LogP contribution in [0.4, 0.5) is 0 Å². The number of benzene rings is 3. The van der Waals surface area contributed by atoms with Gasteiger partial charge in [-0.25, -0.2) is 0 Å². The Morgan fingerprint density at radius 1 is 0.828 bits per heavy atom. The maximum absolute atomic E-state index is 12.7. The van der Waals surface area contributed by atoms with Gasteiger partial charge in [-0.1, -0.05) is 77.8 Å². The monoisotopic (exact) mass is 443 g/mol. The molecule has 0 atom stereocenters. The Labute approximate surface area is 186 Å². The first-order valence-electron chi connectivity index (χ1n) is 9.56. The summed E-state index contributed by atoms with van der Waals surface area (Å²) < 4.78 is 0. The molecule has 0 unspecified atom stereocenters. The van der Waals surface area contributed by atoms with Crippen LogP contribution in [0, 0.1) is 0 Å². The van der Waals surface area contributed by atoms with E-state index < -0.39 is 0 Å². The number of carbonyl (C=O) groups excluding carboxylic acids is 1. The molecule has 0 aromatic heterocycles. The maximum atomic E-state index is 12.7. The van der Waals surface area contributed by atoms with E-state index in [4.69, 9.17) is 23.2 Å². The van der Waals surface area contributed by atoms with Crippen LogP contribution in [-0.4, -0.2) is 18.2 Å². The van der Waals surface area contributed by atoms with Crippen molar-refractivity contribution in [3.05, 3.63) is 105 Å². The SMILES string of the molecule is O=C(NCCSCc1c(Cl)cccc1Cl)c1ccccc1CCc1ccccc1. The third-order valence-electron chi connectivity index (χ3n) is 4.63. The van der Waals surface area contributed by atoms with Crippen LogP contribution in [-0.2, 0) is 18.6 Å². The third-order valence-corrected chi connectivity index (χ3v) is 6.32. The number of carbonyl (C=O) groups is 1. The molecule has 29 heavy (non-hydrogen) atoms. The molecule has 0 aliphatic carbocycles. The van der Waals surface area contributed by atoms with E-state index in [0.29, 0.717) is 16.6 Å². The summed E-state index contributed by atoms with van der Waals surface area (Å²) in [4.78, 5) is 12.7. The molecular weight excluding hydrogens is 421 g/mol. The summed E-state index contributed by atoms with van der Waals surface area (Å²) in [5, 5.41) is 4.39. The van der Waals surface area contributed by atoms with E-state index in [9.17, 15) is 4.79 Å². The topological polar surface area (TPSA) is 29.1 Å². The van der Waals surface area contributed by atoms with Gasteiger partial charge in [-0.2, -0.15) is 11.8 Å². The van der Waals surface area contributed by atoms with Gasteiger partial charge in [0, 0.05) is 33.7 Å². The highest BCUT2D eigenvalue weighted by molar-refractivity contribution is 7.98. The molecular formula is C24H23Cl2NOS. The molecule has 150 valence electrons. The molecule has 0 fully saturated rings. The van der Waals surface area contributed by atoms with E-state index >= 15 is 0 Å². The number of nitrogens with one attached hydrogen (secondary N) is 1. The molecule has 0 radical (unpaired) electrons. The number of hydrogen-bond donors (Lipinski definition) is 1. The Hall–Kier alpha value is -1.94. The predicted molar refractivity (Wildman–Crippen MR) is 125 cm³/mol. The molecule has 0 spiro atoms. The summed E-state index contributed by atoms with van der Waals surface area (Å²) in [5.41, 5.74) is 4.04. The summed E-state index contributed by atoms with van der Waals surface area (Å²) in [6.07, 6.45) is 1.76. The number of amides is 1. The fourth-order valence-electron chi connectivity index (χ4n) is 3.06. The summed E-state index contributed by atoms with van der Waals surface area (Å²) in [6, 6.07) is 23.7. The zero-order valence-electron chi connectivity index (χ0n) is 16.0. The van der Waals surface area contributed by atoms with Gasteiger partial charge < -0.3 is 5.32 Å². The molecule has 3 aromatic carbocycles. The number of halogens is 2. The molecule has 0 aliphatic heterocycles. The lowest BCUT2D eigenvalue weighted by Crippen LogP contribution is -2.26. The maximum Gasteiger partial charge on any atom is 0.251 e. The van der Waals surface area contributed by atoms with Gasteiger partial charge in [-0.3, -0.25) is 4.79 Å². The van der Waals surface area contributed by atoms with Crippen molar-refractivity contribution < 1.29 is 4.79 Å². The second-order valence-corrected chi connectivity index (χ2v) is 8.57. The average molecular weight is 444 g/mol. The summed E-state index contributed by atoms with van der Waals surface area (Å²) in [7, 11) is 0. The highest BCUT2D eigenvalue weighted by Gasteiger charge is 2.11. The minimum Gasteiger partial charge on any atom is -0.351 e. The smallest absolute Gasteiger partial charge is 0.251 e. The van der Waals surface area contributed by atoms with Gasteiger partial charge >= 0.3 is 0 Å². The van der Waals surface area contributed by atoms with Gasteiger partial charge in [-0.15, -0.1) is 0 Å². The molecule has 0 aliphatic rings. The van der Waals surface area contributed by atoms with Gasteiger partial charge in [-0.05, 0) is 47.7 Å². The highest BCUT2D eigenvalue weighted by Crippen LogP contribution is 2.28. The van der Waals surface area contributed by atoms with Crippen molar-refractivity contribution in [3.8, 4) is 0 Å². The number of thioether (sulfide) groups is 1. The van der Waals surface area contributed by atoms with Gasteiger partial charge in [0.1, 0.15) is 0 Å². The number of rotatable bonds is 9. The first-order chi connectivity index (χ1) is 14.1. The molecule has 2 nitrogen and oxygen atoms in total. The molecule has 0 saturated heterocycles. The Morgan fingerprint density at radius 2 is 1.52 bits per heavy atom. The van der Waals surface area contributed by atoms with E-state index in [0.717, 1.165) is 41.0 Å². The van der Waals surface area contributed by atoms with Gasteiger partial charge in [0.2, 0.25) is 0 Å². The van der Waals surface area contributed by atoms with Crippen molar-refractivity contribution in [2.45, 2.75) is 18.6 Å². The molecule has 3 rings (SSSR count). The zero-order chi connectivity index (χ0) is 20.5. The molecule has 0 heterocycles. The summed E-state index contributed by atoms with van der Waals surface area (Å²) in [5.74, 6) is 1.49. The van der Waals surface area contributed by atoms with Crippen LogP contribution in [0.1, 0.15) is 27.0 Å². The normalized spacial score (nSPS) is 10.7. The van der Waals surface area contributed by atoms with Crippen molar-refractivity contribution in [2.75, 3.05) is 12.3 Å². The Bertz CT molecular complexity index is 926. The predicted octanol–water partition coefficient (Wildman–Crippen LogP) is 6.44. The highest BCUT2D eigenvalue weighted by atomic mass is 35.5. The lowest BCUT2D eigenvalue weighted by molar-refractivity contribution is 0.0955. The van der Waals surface area contributed by atoms with Crippen LogP contribution < -0.4 is 5.32 Å². The Balaban J connectivity index is 1.48. The fourth-order valence-corrected chi connectivity index (χ4v) is 4.66. The van der Waals surface area contributed by atoms with Crippen LogP contribution in [0.25, 0.3) is 0 Å². The van der Waals surface area contributed by atoms with Crippen molar-refractivity contribution in [1.29, 1.82) is 0 Å². The van der Waals surface area contributed by atoms with E-state index in [1.807, 2.05) is 60.7 Å². The second-order valence-electron chi connectivity index (χ2n) is 6.65. The van der Waals surface area contributed by atoms with Crippen LogP contribution in [0.5, 0.6) is 0 Å². The fraction of sp³-hybridized carbons (Fsp3) is 0.208. The van der Waals surface area contributed by atoms with Crippen molar-refractivity contribution in [2.24, 2.45) is 0 Å². The van der Waals surface area contributed by atoms with Crippen molar-refractivity contribution >= 4 is 40.9 Å². The van der Waals surface area contributed by atoms with E-state index in [1.165, 1.54) is 5.56 Å². The van der Waals surface area contributed by atoms with Gasteiger partial charge in [0.15, 0.2) is 0 Å².